The van der Waals surface area contributed by atoms with E-state index in [0.717, 1.165) is 5.56 Å². The summed E-state index contributed by atoms with van der Waals surface area (Å²) in [6.45, 7) is 0. The molecule has 0 aliphatic carbocycles. The highest BCUT2D eigenvalue weighted by Crippen LogP contribution is 2.20. The molecule has 0 atom stereocenters. The first-order valence-corrected chi connectivity index (χ1v) is 5.38. The van der Waals surface area contributed by atoms with Crippen LogP contribution in [0.4, 0.5) is 14.6 Å². The second kappa shape index (κ2) is 4.95. The van der Waals surface area contributed by atoms with E-state index in [1.165, 1.54) is 13.1 Å². The van der Waals surface area contributed by atoms with Crippen LogP contribution in [-0.2, 0) is 6.42 Å². The number of hydrogen-bond donors (Lipinski definition) is 0. The van der Waals surface area contributed by atoms with Gasteiger partial charge in [0.1, 0.15) is 5.82 Å². The molecule has 0 bridgehead atoms. The van der Waals surface area contributed by atoms with Crippen LogP contribution in [0.2, 0.25) is 0 Å². The molecular weight excluding hydrogens is 220 g/mol. The Morgan fingerprint density at radius 2 is 1.76 bits per heavy atom. The molecule has 17 heavy (non-hydrogen) atoms. The van der Waals surface area contributed by atoms with Gasteiger partial charge in [0.05, 0.1) is 5.69 Å². The van der Waals surface area contributed by atoms with E-state index in [2.05, 4.69) is 0 Å². The van der Waals surface area contributed by atoms with Crippen molar-refractivity contribution in [3.63, 3.8) is 0 Å². The third kappa shape index (κ3) is 2.81. The fourth-order valence-electron chi connectivity index (χ4n) is 1.69. The summed E-state index contributed by atoms with van der Waals surface area (Å²) >= 11 is 0. The van der Waals surface area contributed by atoms with Crippen LogP contribution >= 0.6 is 0 Å². The van der Waals surface area contributed by atoms with Crippen LogP contribution in [0, 0.1) is 5.82 Å². The minimum atomic E-state index is -0.379. The highest BCUT2D eigenvalue weighted by molar-refractivity contribution is 5.46. The van der Waals surface area contributed by atoms with Gasteiger partial charge < -0.3 is 0 Å². The zero-order valence-electron chi connectivity index (χ0n) is 9.53. The van der Waals surface area contributed by atoms with Crippen molar-refractivity contribution in [2.45, 2.75) is 6.42 Å². The lowest BCUT2D eigenvalue weighted by atomic mass is 10.0. The number of rotatable bonds is 3. The Hall–Kier alpha value is -1.90. The molecule has 0 N–H and O–H groups in total. The van der Waals surface area contributed by atoms with E-state index < -0.39 is 0 Å². The van der Waals surface area contributed by atoms with Crippen molar-refractivity contribution in [1.29, 1.82) is 0 Å². The molecule has 0 aromatic heterocycles. The highest BCUT2D eigenvalue weighted by Gasteiger charge is 2.06. The van der Waals surface area contributed by atoms with Crippen LogP contribution < -0.4 is 5.12 Å². The molecule has 0 aliphatic rings. The molecule has 2 rings (SSSR count). The molecule has 0 saturated carbocycles. The molecule has 0 radical (unpaired) electrons. The van der Waals surface area contributed by atoms with Gasteiger partial charge in [0.15, 0.2) is 0 Å². The fraction of sp³-hybridized carbons (Fsp3) is 0.143. The Morgan fingerprint density at radius 3 is 2.35 bits per heavy atom. The lowest BCUT2D eigenvalue weighted by Gasteiger charge is -2.09. The van der Waals surface area contributed by atoms with E-state index in [-0.39, 0.29) is 11.5 Å². The summed E-state index contributed by atoms with van der Waals surface area (Å²) in [5.41, 5.74) is 1.83. The van der Waals surface area contributed by atoms with Crippen molar-refractivity contribution >= 4 is 5.69 Å². The van der Waals surface area contributed by atoms with Gasteiger partial charge in [-0.1, -0.05) is 36.4 Å². The van der Waals surface area contributed by atoms with Crippen molar-refractivity contribution in [2.75, 3.05) is 12.2 Å². The van der Waals surface area contributed by atoms with Gasteiger partial charge in [-0.25, -0.2) is 9.51 Å². The Morgan fingerprint density at radius 1 is 1.06 bits per heavy atom. The minimum Gasteiger partial charge on any atom is -0.215 e. The first kappa shape index (κ1) is 11.6. The number of hydrogen-bond acceptors (Lipinski definition) is 1. The van der Waals surface area contributed by atoms with E-state index >= 15 is 0 Å². The summed E-state index contributed by atoms with van der Waals surface area (Å²) in [5, 5.41) is 0.398. The van der Waals surface area contributed by atoms with Gasteiger partial charge in [0, 0.05) is 19.5 Å². The lowest BCUT2D eigenvalue weighted by Crippen LogP contribution is -2.03. The van der Waals surface area contributed by atoms with Crippen LogP contribution in [0.15, 0.2) is 48.5 Å². The average Bonchev–Trinajstić information content (AvgIpc) is 2.33. The SMILES string of the molecule is CN(F)c1ccc(Cc2ccccc2)c(F)c1. The van der Waals surface area contributed by atoms with Gasteiger partial charge in [0.2, 0.25) is 0 Å². The average molecular weight is 233 g/mol. The van der Waals surface area contributed by atoms with Crippen molar-refractivity contribution in [3.8, 4) is 0 Å². The lowest BCUT2D eigenvalue weighted by molar-refractivity contribution is 0.474. The molecule has 0 aliphatic heterocycles. The molecule has 1 nitrogen and oxygen atoms in total. The second-order valence-corrected chi connectivity index (χ2v) is 3.92. The molecule has 0 unspecified atom stereocenters. The Bertz CT molecular complexity index is 495. The molecule has 0 amide bonds. The predicted molar refractivity (Wildman–Crippen MR) is 65.2 cm³/mol. The van der Waals surface area contributed by atoms with E-state index in [1.807, 2.05) is 30.3 Å². The summed E-state index contributed by atoms with van der Waals surface area (Å²) in [6.07, 6.45) is 0.517. The van der Waals surface area contributed by atoms with E-state index in [4.69, 9.17) is 0 Å². The van der Waals surface area contributed by atoms with Gasteiger partial charge in [-0.2, -0.15) is 0 Å². The zero-order valence-corrected chi connectivity index (χ0v) is 9.53. The van der Waals surface area contributed by atoms with Gasteiger partial charge in [-0.15, -0.1) is 4.48 Å². The first-order chi connectivity index (χ1) is 8.16. The van der Waals surface area contributed by atoms with Crippen LogP contribution in [-0.4, -0.2) is 7.05 Å². The smallest absolute Gasteiger partial charge is 0.128 e. The summed E-state index contributed by atoms with van der Waals surface area (Å²) in [5.74, 6) is -0.379. The maximum Gasteiger partial charge on any atom is 0.128 e. The number of anilines is 1. The third-order valence-corrected chi connectivity index (χ3v) is 2.63. The standard InChI is InChI=1S/C14H13F2N/c1-17(16)13-8-7-12(14(15)10-13)9-11-5-3-2-4-6-11/h2-8,10H,9H2,1H3. The monoisotopic (exact) mass is 233 g/mol. The molecule has 0 heterocycles. The van der Waals surface area contributed by atoms with Gasteiger partial charge in [-0.05, 0) is 17.2 Å². The van der Waals surface area contributed by atoms with E-state index in [1.54, 1.807) is 12.1 Å². The minimum absolute atomic E-state index is 0.222. The zero-order chi connectivity index (χ0) is 12.3. The molecule has 0 saturated heterocycles. The third-order valence-electron chi connectivity index (χ3n) is 2.63. The molecule has 0 spiro atoms. The number of halogens is 2. The quantitative estimate of drug-likeness (QED) is 0.730. The van der Waals surface area contributed by atoms with Crippen LogP contribution in [0.5, 0.6) is 0 Å². The maximum absolute atomic E-state index is 13.7. The van der Waals surface area contributed by atoms with Crippen molar-refractivity contribution in [1.82, 2.24) is 0 Å². The van der Waals surface area contributed by atoms with Gasteiger partial charge in [-0.3, -0.25) is 0 Å². The summed E-state index contributed by atoms with van der Waals surface area (Å²) < 4.78 is 26.5. The van der Waals surface area contributed by atoms with Crippen molar-refractivity contribution in [3.05, 3.63) is 65.5 Å². The van der Waals surface area contributed by atoms with E-state index in [9.17, 15) is 8.87 Å². The first-order valence-electron chi connectivity index (χ1n) is 5.38. The summed E-state index contributed by atoms with van der Waals surface area (Å²) in [6, 6.07) is 14.0. The van der Waals surface area contributed by atoms with Crippen molar-refractivity contribution < 1.29 is 8.87 Å². The Labute approximate surface area is 99.2 Å². The van der Waals surface area contributed by atoms with Gasteiger partial charge >= 0.3 is 0 Å². The second-order valence-electron chi connectivity index (χ2n) is 3.92. The van der Waals surface area contributed by atoms with Crippen LogP contribution in [0.1, 0.15) is 11.1 Å². The number of benzene rings is 2. The fourth-order valence-corrected chi connectivity index (χ4v) is 1.69. The van der Waals surface area contributed by atoms with Crippen LogP contribution in [0.25, 0.3) is 0 Å². The topological polar surface area (TPSA) is 3.24 Å². The molecular formula is C14H13F2N. The maximum atomic E-state index is 13.7. The predicted octanol–water partition coefficient (Wildman–Crippen LogP) is 3.74. The largest absolute Gasteiger partial charge is 0.215 e. The Balaban J connectivity index is 2.23. The molecule has 2 aromatic carbocycles. The van der Waals surface area contributed by atoms with Crippen LogP contribution in [0.3, 0.4) is 0 Å². The van der Waals surface area contributed by atoms with Crippen molar-refractivity contribution in [2.24, 2.45) is 0 Å². The molecule has 0 fully saturated rings. The summed E-state index contributed by atoms with van der Waals surface area (Å²) in [7, 11) is 1.24. The number of nitrogens with zero attached hydrogens (tertiary/aromatic N) is 1. The summed E-state index contributed by atoms with van der Waals surface area (Å²) in [4.78, 5) is 0. The highest BCUT2D eigenvalue weighted by atomic mass is 19.2. The molecule has 3 heteroatoms. The van der Waals surface area contributed by atoms with E-state index in [0.29, 0.717) is 17.1 Å². The van der Waals surface area contributed by atoms with Gasteiger partial charge in [0.25, 0.3) is 0 Å². The molecule has 2 aromatic rings. The Kier molecular flexibility index (Phi) is 3.38. The normalized spacial score (nSPS) is 10.3. The molecule has 88 valence electrons.